The Hall–Kier alpha value is -1.81. The van der Waals surface area contributed by atoms with Crippen LogP contribution in [-0.4, -0.2) is 32.3 Å². The van der Waals surface area contributed by atoms with Crippen molar-refractivity contribution in [1.29, 1.82) is 0 Å². The quantitative estimate of drug-likeness (QED) is 0.529. The van der Waals surface area contributed by atoms with Crippen LogP contribution in [0.2, 0.25) is 0 Å². The Morgan fingerprint density at radius 2 is 2.00 bits per heavy atom. The first-order valence-corrected chi connectivity index (χ1v) is 6.57. The second-order valence-electron chi connectivity index (χ2n) is 4.13. The van der Waals surface area contributed by atoms with E-state index in [0.717, 1.165) is 12.8 Å². The Bertz CT molecular complexity index is 366. The Kier molecular flexibility index (Phi) is 8.14. The molecule has 4 heteroatoms. The van der Waals surface area contributed by atoms with E-state index >= 15 is 0 Å². The van der Waals surface area contributed by atoms with E-state index in [1.54, 1.807) is 6.08 Å². The summed E-state index contributed by atoms with van der Waals surface area (Å²) in [6.45, 7) is 6.01. The Balaban J connectivity index is 1.91. The zero-order valence-electron chi connectivity index (χ0n) is 11.2. The summed E-state index contributed by atoms with van der Waals surface area (Å²) < 4.78 is 5.51. The zero-order valence-corrected chi connectivity index (χ0v) is 11.2. The van der Waals surface area contributed by atoms with Gasteiger partial charge in [-0.25, -0.2) is 4.79 Å². The van der Waals surface area contributed by atoms with Crippen LogP contribution in [0.1, 0.15) is 12.0 Å². The fourth-order valence-electron chi connectivity index (χ4n) is 1.54. The molecule has 0 saturated heterocycles. The van der Waals surface area contributed by atoms with Gasteiger partial charge in [-0.1, -0.05) is 36.4 Å². The van der Waals surface area contributed by atoms with Gasteiger partial charge in [0.2, 0.25) is 0 Å². The molecule has 0 saturated carbocycles. The van der Waals surface area contributed by atoms with Crippen molar-refractivity contribution in [2.75, 3.05) is 26.3 Å². The summed E-state index contributed by atoms with van der Waals surface area (Å²) in [6.07, 6.45) is 3.39. The van der Waals surface area contributed by atoms with E-state index in [1.165, 1.54) is 5.56 Å². The molecular formula is C15H22N2O2. The van der Waals surface area contributed by atoms with Crippen molar-refractivity contribution in [2.45, 2.75) is 12.8 Å². The summed E-state index contributed by atoms with van der Waals surface area (Å²) in [6, 6.07) is 10.1. The third kappa shape index (κ3) is 8.00. The minimum atomic E-state index is -0.163. The normalized spacial score (nSPS) is 9.89. The standard InChI is InChI=1S/C15H22N2O2/c1-2-10-16-15(18)17-11-6-12-19-13-9-14-7-4-3-5-8-14/h2-5,7-8H,1,6,9-13H2,(H2,16,17,18). The Labute approximate surface area is 114 Å². The zero-order chi connectivity index (χ0) is 13.8. The minimum absolute atomic E-state index is 0.163. The van der Waals surface area contributed by atoms with E-state index in [2.05, 4.69) is 29.3 Å². The Morgan fingerprint density at radius 3 is 2.74 bits per heavy atom. The van der Waals surface area contributed by atoms with Gasteiger partial charge in [-0.3, -0.25) is 0 Å². The lowest BCUT2D eigenvalue weighted by Crippen LogP contribution is -2.36. The topological polar surface area (TPSA) is 50.4 Å². The van der Waals surface area contributed by atoms with Crippen LogP contribution in [0.5, 0.6) is 0 Å². The molecule has 2 amide bonds. The van der Waals surface area contributed by atoms with E-state index in [-0.39, 0.29) is 6.03 Å². The molecule has 0 spiro atoms. The molecule has 2 N–H and O–H groups in total. The number of rotatable bonds is 9. The maximum atomic E-state index is 11.2. The van der Waals surface area contributed by atoms with Crippen LogP contribution in [-0.2, 0) is 11.2 Å². The molecule has 19 heavy (non-hydrogen) atoms. The van der Waals surface area contributed by atoms with Gasteiger partial charge < -0.3 is 15.4 Å². The summed E-state index contributed by atoms with van der Waals surface area (Å²) in [5.41, 5.74) is 1.28. The lowest BCUT2D eigenvalue weighted by Gasteiger charge is -2.06. The van der Waals surface area contributed by atoms with Gasteiger partial charge in [0.15, 0.2) is 0 Å². The monoisotopic (exact) mass is 262 g/mol. The number of carbonyl (C=O) groups excluding carboxylic acids is 1. The molecule has 0 aliphatic rings. The number of ether oxygens (including phenoxy) is 1. The minimum Gasteiger partial charge on any atom is -0.381 e. The summed E-state index contributed by atoms with van der Waals surface area (Å²) in [7, 11) is 0. The molecule has 0 fully saturated rings. The molecule has 104 valence electrons. The highest BCUT2D eigenvalue weighted by Crippen LogP contribution is 1.99. The van der Waals surface area contributed by atoms with Crippen molar-refractivity contribution in [1.82, 2.24) is 10.6 Å². The maximum Gasteiger partial charge on any atom is 0.315 e. The smallest absolute Gasteiger partial charge is 0.315 e. The first-order chi connectivity index (χ1) is 9.33. The highest BCUT2D eigenvalue weighted by molar-refractivity contribution is 5.73. The number of hydrogen-bond donors (Lipinski definition) is 2. The van der Waals surface area contributed by atoms with Crippen LogP contribution in [0.25, 0.3) is 0 Å². The van der Waals surface area contributed by atoms with Crippen molar-refractivity contribution >= 4 is 6.03 Å². The SMILES string of the molecule is C=CCNC(=O)NCCCOCCc1ccccc1. The van der Waals surface area contributed by atoms with Gasteiger partial charge >= 0.3 is 6.03 Å². The number of nitrogens with one attached hydrogen (secondary N) is 2. The summed E-state index contributed by atoms with van der Waals surface area (Å²) in [5.74, 6) is 0. The molecule has 0 unspecified atom stereocenters. The van der Waals surface area contributed by atoms with Crippen LogP contribution in [0, 0.1) is 0 Å². The van der Waals surface area contributed by atoms with E-state index in [0.29, 0.717) is 26.3 Å². The summed E-state index contributed by atoms with van der Waals surface area (Å²) in [5, 5.41) is 5.40. The lowest BCUT2D eigenvalue weighted by molar-refractivity contribution is 0.135. The second-order valence-corrected chi connectivity index (χ2v) is 4.13. The van der Waals surface area contributed by atoms with Crippen LogP contribution in [0.4, 0.5) is 4.79 Å². The molecule has 0 radical (unpaired) electrons. The van der Waals surface area contributed by atoms with Crippen LogP contribution >= 0.6 is 0 Å². The van der Waals surface area contributed by atoms with Gasteiger partial charge in [0, 0.05) is 19.7 Å². The number of amides is 2. The molecule has 0 heterocycles. The van der Waals surface area contributed by atoms with Crippen molar-refractivity contribution in [2.24, 2.45) is 0 Å². The van der Waals surface area contributed by atoms with Gasteiger partial charge in [-0.15, -0.1) is 6.58 Å². The van der Waals surface area contributed by atoms with Crippen molar-refractivity contribution in [3.05, 3.63) is 48.6 Å². The predicted octanol–water partition coefficient (Wildman–Crippen LogP) is 2.12. The van der Waals surface area contributed by atoms with E-state index in [9.17, 15) is 4.79 Å². The largest absolute Gasteiger partial charge is 0.381 e. The van der Waals surface area contributed by atoms with Gasteiger partial charge in [-0.05, 0) is 18.4 Å². The molecule has 1 rings (SSSR count). The molecule has 0 aromatic heterocycles. The molecule has 0 bridgehead atoms. The molecule has 0 atom stereocenters. The fraction of sp³-hybridized carbons (Fsp3) is 0.400. The average molecular weight is 262 g/mol. The molecule has 1 aromatic rings. The number of carbonyl (C=O) groups is 1. The summed E-state index contributed by atoms with van der Waals surface area (Å²) in [4.78, 5) is 11.2. The van der Waals surface area contributed by atoms with E-state index < -0.39 is 0 Å². The third-order valence-corrected chi connectivity index (χ3v) is 2.54. The van der Waals surface area contributed by atoms with E-state index in [1.807, 2.05) is 18.2 Å². The van der Waals surface area contributed by atoms with Gasteiger partial charge in [-0.2, -0.15) is 0 Å². The predicted molar refractivity (Wildman–Crippen MR) is 77.2 cm³/mol. The molecule has 1 aromatic carbocycles. The van der Waals surface area contributed by atoms with Gasteiger partial charge in [0.1, 0.15) is 0 Å². The second kappa shape index (κ2) is 10.1. The van der Waals surface area contributed by atoms with Crippen LogP contribution < -0.4 is 10.6 Å². The first kappa shape index (κ1) is 15.2. The summed E-state index contributed by atoms with van der Waals surface area (Å²) >= 11 is 0. The van der Waals surface area contributed by atoms with Crippen molar-refractivity contribution in [3.63, 3.8) is 0 Å². The molecular weight excluding hydrogens is 240 g/mol. The fourth-order valence-corrected chi connectivity index (χ4v) is 1.54. The van der Waals surface area contributed by atoms with E-state index in [4.69, 9.17) is 4.74 Å². The molecule has 4 nitrogen and oxygen atoms in total. The first-order valence-electron chi connectivity index (χ1n) is 6.57. The highest BCUT2D eigenvalue weighted by Gasteiger charge is 1.97. The molecule has 0 aliphatic heterocycles. The van der Waals surface area contributed by atoms with Crippen molar-refractivity contribution in [3.8, 4) is 0 Å². The van der Waals surface area contributed by atoms with Crippen molar-refractivity contribution < 1.29 is 9.53 Å². The molecule has 0 aliphatic carbocycles. The third-order valence-electron chi connectivity index (χ3n) is 2.54. The Morgan fingerprint density at radius 1 is 1.21 bits per heavy atom. The number of benzene rings is 1. The number of urea groups is 1. The van der Waals surface area contributed by atoms with Crippen LogP contribution in [0.15, 0.2) is 43.0 Å². The van der Waals surface area contributed by atoms with Gasteiger partial charge in [0.25, 0.3) is 0 Å². The average Bonchev–Trinajstić information content (AvgIpc) is 2.45. The maximum absolute atomic E-state index is 11.2. The highest BCUT2D eigenvalue weighted by atomic mass is 16.5. The van der Waals surface area contributed by atoms with Gasteiger partial charge in [0.05, 0.1) is 6.61 Å². The lowest BCUT2D eigenvalue weighted by atomic mass is 10.2. The number of hydrogen-bond acceptors (Lipinski definition) is 2. The van der Waals surface area contributed by atoms with Crippen LogP contribution in [0.3, 0.4) is 0 Å².